The van der Waals surface area contributed by atoms with E-state index < -0.39 is 10.0 Å². The van der Waals surface area contributed by atoms with Crippen LogP contribution < -0.4 is 4.72 Å². The third kappa shape index (κ3) is 4.73. The number of rotatable bonds is 6. The summed E-state index contributed by atoms with van der Waals surface area (Å²) in [6.45, 7) is 0. The Morgan fingerprint density at radius 3 is 2.67 bits per heavy atom. The molecule has 0 aromatic heterocycles. The molecule has 0 aliphatic carbocycles. The average molecular weight is 307 g/mol. The highest BCUT2D eigenvalue weighted by molar-refractivity contribution is 7.92. The first kappa shape index (κ1) is 15.1. The molecule has 0 aliphatic rings. The van der Waals surface area contributed by atoms with Crippen LogP contribution in [0.5, 0.6) is 0 Å². The van der Waals surface area contributed by atoms with Crippen LogP contribution in [0.2, 0.25) is 5.02 Å². The molecule has 4 nitrogen and oxygen atoms in total. The van der Waals surface area contributed by atoms with Crippen molar-refractivity contribution in [1.29, 1.82) is 5.26 Å². The fourth-order valence-electron chi connectivity index (χ4n) is 1.28. The van der Waals surface area contributed by atoms with Gasteiger partial charge in [0, 0.05) is 5.88 Å². The van der Waals surface area contributed by atoms with Crippen LogP contribution in [0.3, 0.4) is 0 Å². The second kappa shape index (κ2) is 6.83. The fraction of sp³-hybridized carbons (Fsp3) is 0.364. The Morgan fingerprint density at radius 1 is 1.33 bits per heavy atom. The van der Waals surface area contributed by atoms with Crippen LogP contribution in [0.4, 0.5) is 5.69 Å². The van der Waals surface area contributed by atoms with Gasteiger partial charge in [-0.3, -0.25) is 4.72 Å². The van der Waals surface area contributed by atoms with E-state index in [9.17, 15) is 8.42 Å². The Bertz CT molecular complexity index is 553. The number of alkyl halides is 1. The molecule has 1 aromatic rings. The molecule has 98 valence electrons. The summed E-state index contributed by atoms with van der Waals surface area (Å²) < 4.78 is 25.8. The summed E-state index contributed by atoms with van der Waals surface area (Å²) in [5, 5.41) is 9.00. The molecule has 0 aliphatic heterocycles. The van der Waals surface area contributed by atoms with Gasteiger partial charge in [-0.25, -0.2) is 8.42 Å². The van der Waals surface area contributed by atoms with Crippen LogP contribution in [0.25, 0.3) is 0 Å². The number of unbranched alkanes of at least 4 members (excludes halogenated alkanes) is 1. The van der Waals surface area contributed by atoms with Gasteiger partial charge < -0.3 is 0 Å². The quantitative estimate of drug-likeness (QED) is 0.649. The lowest BCUT2D eigenvalue weighted by Gasteiger charge is -2.09. The van der Waals surface area contributed by atoms with Crippen LogP contribution in [0, 0.1) is 11.3 Å². The number of anilines is 1. The van der Waals surface area contributed by atoms with Crippen molar-refractivity contribution in [3.05, 3.63) is 28.8 Å². The van der Waals surface area contributed by atoms with E-state index in [2.05, 4.69) is 4.72 Å². The van der Waals surface area contributed by atoms with Crippen molar-refractivity contribution in [2.75, 3.05) is 16.4 Å². The number of halogens is 2. The minimum absolute atomic E-state index is 0.0210. The number of nitriles is 1. The van der Waals surface area contributed by atoms with Crippen LogP contribution in [0.15, 0.2) is 18.2 Å². The van der Waals surface area contributed by atoms with E-state index in [4.69, 9.17) is 28.5 Å². The summed E-state index contributed by atoms with van der Waals surface area (Å²) in [7, 11) is -3.46. The summed E-state index contributed by atoms with van der Waals surface area (Å²) in [6, 6.07) is 6.33. The third-order valence-electron chi connectivity index (χ3n) is 2.16. The maximum Gasteiger partial charge on any atom is 0.232 e. The zero-order chi connectivity index (χ0) is 13.6. The second-order valence-electron chi connectivity index (χ2n) is 3.62. The highest BCUT2D eigenvalue weighted by atomic mass is 35.5. The summed E-state index contributed by atoms with van der Waals surface area (Å²) in [5.41, 5.74) is 0.569. The molecule has 1 rings (SSSR count). The highest BCUT2D eigenvalue weighted by Crippen LogP contribution is 2.24. The molecule has 0 heterocycles. The molecule has 1 N–H and O–H groups in total. The van der Waals surface area contributed by atoms with Crippen LogP contribution in [0.1, 0.15) is 18.4 Å². The first-order valence-corrected chi connectivity index (χ1v) is 7.81. The monoisotopic (exact) mass is 306 g/mol. The van der Waals surface area contributed by atoms with Gasteiger partial charge in [-0.15, -0.1) is 11.6 Å². The summed E-state index contributed by atoms with van der Waals surface area (Å²) in [5.74, 6) is 0.410. The molecule has 0 atom stereocenters. The van der Waals surface area contributed by atoms with E-state index in [0.717, 1.165) is 0 Å². The normalized spacial score (nSPS) is 10.9. The van der Waals surface area contributed by atoms with E-state index in [-0.39, 0.29) is 16.5 Å². The molecule has 0 saturated heterocycles. The van der Waals surface area contributed by atoms with Crippen LogP contribution in [-0.4, -0.2) is 20.1 Å². The van der Waals surface area contributed by atoms with Gasteiger partial charge in [-0.05, 0) is 31.0 Å². The Morgan fingerprint density at radius 2 is 2.06 bits per heavy atom. The van der Waals surface area contributed by atoms with E-state index in [1.807, 2.05) is 6.07 Å². The number of benzene rings is 1. The molecule has 1 aromatic carbocycles. The number of nitrogens with one attached hydrogen (secondary N) is 1. The highest BCUT2D eigenvalue weighted by Gasteiger charge is 2.12. The standard InChI is InChI=1S/C11H12Cl2N2O2S/c12-5-1-2-6-18(16,17)15-11-7-9(8-14)3-4-10(11)13/h3-4,7,15H,1-2,5-6H2. The van der Waals surface area contributed by atoms with Gasteiger partial charge in [-0.1, -0.05) is 11.6 Å². The van der Waals surface area contributed by atoms with Crippen LogP contribution in [-0.2, 0) is 10.0 Å². The zero-order valence-electron chi connectivity index (χ0n) is 9.49. The van der Waals surface area contributed by atoms with Crippen molar-refractivity contribution in [2.24, 2.45) is 0 Å². The van der Waals surface area contributed by atoms with Gasteiger partial charge in [0.15, 0.2) is 0 Å². The molecule has 0 fully saturated rings. The molecule has 0 saturated carbocycles. The topological polar surface area (TPSA) is 70.0 Å². The van der Waals surface area contributed by atoms with Gasteiger partial charge in [-0.2, -0.15) is 5.26 Å². The molecular weight excluding hydrogens is 295 g/mol. The minimum Gasteiger partial charge on any atom is -0.282 e. The van der Waals surface area contributed by atoms with Crippen molar-refractivity contribution in [3.63, 3.8) is 0 Å². The Hall–Kier alpha value is -0.960. The Balaban J connectivity index is 2.81. The lowest BCUT2D eigenvalue weighted by atomic mass is 10.2. The third-order valence-corrected chi connectivity index (χ3v) is 4.11. The Labute approximate surface area is 117 Å². The summed E-state index contributed by atoms with van der Waals surface area (Å²) in [4.78, 5) is 0. The number of hydrogen-bond donors (Lipinski definition) is 1. The number of nitrogens with zero attached hydrogens (tertiary/aromatic N) is 1. The molecule has 18 heavy (non-hydrogen) atoms. The van der Waals surface area contributed by atoms with Crippen LogP contribution >= 0.6 is 23.2 Å². The van der Waals surface area contributed by atoms with Crippen molar-refractivity contribution >= 4 is 38.9 Å². The van der Waals surface area contributed by atoms with Gasteiger partial charge in [0.1, 0.15) is 0 Å². The van der Waals surface area contributed by atoms with E-state index >= 15 is 0 Å². The smallest absolute Gasteiger partial charge is 0.232 e. The van der Waals surface area contributed by atoms with E-state index in [1.54, 1.807) is 0 Å². The van der Waals surface area contributed by atoms with Gasteiger partial charge >= 0.3 is 0 Å². The maximum atomic E-state index is 11.7. The molecular formula is C11H12Cl2N2O2S. The molecule has 0 spiro atoms. The first-order chi connectivity index (χ1) is 8.48. The van der Waals surface area contributed by atoms with Gasteiger partial charge in [0.2, 0.25) is 10.0 Å². The van der Waals surface area contributed by atoms with Crippen molar-refractivity contribution < 1.29 is 8.42 Å². The minimum atomic E-state index is -3.46. The van der Waals surface area contributed by atoms with Gasteiger partial charge in [0.25, 0.3) is 0 Å². The largest absolute Gasteiger partial charge is 0.282 e. The number of sulfonamides is 1. The van der Waals surface area contributed by atoms with Crippen molar-refractivity contribution in [1.82, 2.24) is 0 Å². The molecule has 7 heteroatoms. The predicted octanol–water partition coefficient (Wildman–Crippen LogP) is 2.97. The lowest BCUT2D eigenvalue weighted by Crippen LogP contribution is -2.17. The summed E-state index contributed by atoms with van der Waals surface area (Å²) in [6.07, 6.45) is 1.11. The maximum absolute atomic E-state index is 11.7. The Kier molecular flexibility index (Phi) is 5.73. The summed E-state index contributed by atoms with van der Waals surface area (Å²) >= 11 is 11.3. The molecule has 0 bridgehead atoms. The molecule has 0 radical (unpaired) electrons. The molecule has 0 unspecified atom stereocenters. The fourth-order valence-corrected chi connectivity index (χ4v) is 2.88. The predicted molar refractivity (Wildman–Crippen MR) is 73.5 cm³/mol. The van der Waals surface area contributed by atoms with Crippen molar-refractivity contribution in [3.8, 4) is 6.07 Å². The zero-order valence-corrected chi connectivity index (χ0v) is 11.8. The SMILES string of the molecule is N#Cc1ccc(Cl)c(NS(=O)(=O)CCCCCl)c1. The van der Waals surface area contributed by atoms with E-state index in [0.29, 0.717) is 24.3 Å². The van der Waals surface area contributed by atoms with Gasteiger partial charge in [0.05, 0.1) is 28.1 Å². The first-order valence-electron chi connectivity index (χ1n) is 5.24. The van der Waals surface area contributed by atoms with E-state index in [1.165, 1.54) is 18.2 Å². The number of hydrogen-bond acceptors (Lipinski definition) is 3. The average Bonchev–Trinajstić information content (AvgIpc) is 2.32. The van der Waals surface area contributed by atoms with Crippen molar-refractivity contribution in [2.45, 2.75) is 12.8 Å². The lowest BCUT2D eigenvalue weighted by molar-refractivity contribution is 0.598. The molecule has 0 amide bonds. The second-order valence-corrected chi connectivity index (χ2v) is 6.25.